The van der Waals surface area contributed by atoms with Gasteiger partial charge in [-0.25, -0.2) is 0 Å². The van der Waals surface area contributed by atoms with Gasteiger partial charge in [-0.1, -0.05) is 70.4 Å². The van der Waals surface area contributed by atoms with E-state index in [1.807, 2.05) is 6.07 Å². The highest BCUT2D eigenvalue weighted by atomic mass is 28.4. The molecule has 24 heavy (non-hydrogen) atoms. The lowest BCUT2D eigenvalue weighted by Gasteiger charge is -2.45. The van der Waals surface area contributed by atoms with Gasteiger partial charge in [0.1, 0.15) is 5.60 Å². The van der Waals surface area contributed by atoms with Crippen molar-refractivity contribution in [1.29, 1.82) is 0 Å². The summed E-state index contributed by atoms with van der Waals surface area (Å²) in [5, 5.41) is 0. The molecule has 1 aromatic rings. The number of benzene rings is 1. The molecule has 0 heterocycles. The summed E-state index contributed by atoms with van der Waals surface area (Å²) in [7, 11) is -1.84. The van der Waals surface area contributed by atoms with Crippen molar-refractivity contribution in [1.82, 2.24) is 0 Å². The molecular formula is C21H34O2Si. The molecule has 3 heteroatoms. The Morgan fingerprint density at radius 1 is 1.04 bits per heavy atom. The van der Waals surface area contributed by atoms with E-state index in [-0.39, 0.29) is 0 Å². The van der Waals surface area contributed by atoms with Crippen molar-refractivity contribution in [3.8, 4) is 0 Å². The van der Waals surface area contributed by atoms with Crippen molar-refractivity contribution in [3.05, 3.63) is 35.9 Å². The van der Waals surface area contributed by atoms with Crippen LogP contribution in [0, 0.1) is 5.92 Å². The van der Waals surface area contributed by atoms with Crippen LogP contribution in [0.3, 0.4) is 0 Å². The van der Waals surface area contributed by atoms with Crippen LogP contribution < -0.4 is 0 Å². The van der Waals surface area contributed by atoms with E-state index in [1.165, 1.54) is 31.1 Å². The zero-order valence-electron chi connectivity index (χ0n) is 15.7. The minimum absolute atomic E-state index is 0.375. The molecule has 1 unspecified atom stereocenters. The first kappa shape index (κ1) is 19.4. The van der Waals surface area contributed by atoms with Crippen LogP contribution in [0.4, 0.5) is 0 Å². The molecule has 0 aromatic heterocycles. The van der Waals surface area contributed by atoms with Gasteiger partial charge in [0.25, 0.3) is 0 Å². The highest BCUT2D eigenvalue weighted by Gasteiger charge is 2.46. The molecule has 0 radical (unpaired) electrons. The van der Waals surface area contributed by atoms with Crippen LogP contribution in [-0.2, 0) is 15.6 Å². The molecule has 1 aliphatic carbocycles. The second-order valence-electron chi connectivity index (χ2n) is 7.42. The Morgan fingerprint density at radius 2 is 1.62 bits per heavy atom. The van der Waals surface area contributed by atoms with E-state index in [4.69, 9.17) is 4.43 Å². The second-order valence-corrected chi connectivity index (χ2v) is 12.1. The molecule has 1 saturated carbocycles. The molecule has 0 amide bonds. The van der Waals surface area contributed by atoms with E-state index in [0.717, 1.165) is 37.4 Å². The van der Waals surface area contributed by atoms with Crippen molar-refractivity contribution < 1.29 is 9.22 Å². The third-order valence-electron chi connectivity index (χ3n) is 6.16. The number of aldehydes is 1. The van der Waals surface area contributed by atoms with Crippen molar-refractivity contribution in [2.24, 2.45) is 5.92 Å². The smallest absolute Gasteiger partial charge is 0.193 e. The van der Waals surface area contributed by atoms with Crippen LogP contribution in [0.15, 0.2) is 30.3 Å². The van der Waals surface area contributed by atoms with Crippen LogP contribution in [0.1, 0.15) is 58.4 Å². The van der Waals surface area contributed by atoms with Gasteiger partial charge in [0, 0.05) is 6.42 Å². The van der Waals surface area contributed by atoms with Crippen molar-refractivity contribution in [2.75, 3.05) is 0 Å². The van der Waals surface area contributed by atoms with Crippen molar-refractivity contribution in [3.63, 3.8) is 0 Å². The molecule has 134 valence electrons. The summed E-state index contributed by atoms with van der Waals surface area (Å²) in [6.07, 6.45) is 7.94. The molecular weight excluding hydrogens is 312 g/mol. The van der Waals surface area contributed by atoms with Gasteiger partial charge >= 0.3 is 0 Å². The van der Waals surface area contributed by atoms with E-state index in [2.05, 4.69) is 45.0 Å². The third-order valence-corrected chi connectivity index (χ3v) is 10.8. The number of carbonyl (C=O) groups excluding carboxylic acids is 1. The SMILES string of the molecule is CC[Si](CC)(CC)OC(C=O)(Cc1ccccc1)C1CCCCC1. The summed E-state index contributed by atoms with van der Waals surface area (Å²) in [4.78, 5) is 12.5. The largest absolute Gasteiger partial charge is 0.404 e. The van der Waals surface area contributed by atoms with Gasteiger partial charge in [0.2, 0.25) is 0 Å². The molecule has 0 saturated heterocycles. The first-order valence-electron chi connectivity index (χ1n) is 9.84. The maximum absolute atomic E-state index is 12.5. The van der Waals surface area contributed by atoms with Gasteiger partial charge in [-0.3, -0.25) is 0 Å². The third kappa shape index (κ3) is 4.37. The normalized spacial score (nSPS) is 19.0. The van der Waals surface area contributed by atoms with E-state index >= 15 is 0 Å². The zero-order valence-corrected chi connectivity index (χ0v) is 16.7. The Bertz CT molecular complexity index is 484. The molecule has 0 spiro atoms. The van der Waals surface area contributed by atoms with Crippen LogP contribution in [0.2, 0.25) is 18.1 Å². The Labute approximate surface area is 149 Å². The highest BCUT2D eigenvalue weighted by molar-refractivity contribution is 6.73. The minimum Gasteiger partial charge on any atom is -0.404 e. The van der Waals surface area contributed by atoms with Crippen molar-refractivity contribution >= 4 is 14.6 Å². The van der Waals surface area contributed by atoms with E-state index in [0.29, 0.717) is 5.92 Å². The molecule has 1 aliphatic rings. The maximum atomic E-state index is 12.5. The highest BCUT2D eigenvalue weighted by Crippen LogP contribution is 2.40. The molecule has 1 fully saturated rings. The maximum Gasteiger partial charge on any atom is 0.193 e. The second kappa shape index (κ2) is 8.96. The van der Waals surface area contributed by atoms with Crippen LogP contribution >= 0.6 is 0 Å². The fourth-order valence-electron chi connectivity index (χ4n) is 4.30. The summed E-state index contributed by atoms with van der Waals surface area (Å²) in [5.74, 6) is 0.375. The van der Waals surface area contributed by atoms with Gasteiger partial charge in [0.15, 0.2) is 14.6 Å². The summed E-state index contributed by atoms with van der Waals surface area (Å²) in [6.45, 7) is 6.74. The monoisotopic (exact) mass is 346 g/mol. The van der Waals surface area contributed by atoms with Crippen LogP contribution in [0.25, 0.3) is 0 Å². The van der Waals surface area contributed by atoms with Gasteiger partial charge < -0.3 is 9.22 Å². The van der Waals surface area contributed by atoms with Crippen LogP contribution in [-0.4, -0.2) is 20.2 Å². The lowest BCUT2D eigenvalue weighted by atomic mass is 9.75. The Balaban J connectivity index is 2.36. The number of rotatable bonds is 9. The summed E-state index contributed by atoms with van der Waals surface area (Å²) in [6, 6.07) is 13.7. The number of hydrogen-bond donors (Lipinski definition) is 0. The van der Waals surface area contributed by atoms with E-state index < -0.39 is 13.9 Å². The van der Waals surface area contributed by atoms with E-state index in [1.54, 1.807) is 0 Å². The van der Waals surface area contributed by atoms with Gasteiger partial charge in [-0.05, 0) is 42.5 Å². The molecule has 0 N–H and O–H groups in total. The van der Waals surface area contributed by atoms with Gasteiger partial charge in [-0.2, -0.15) is 0 Å². The van der Waals surface area contributed by atoms with Gasteiger partial charge in [0.05, 0.1) is 0 Å². The standard InChI is InChI=1S/C21H34O2Si/c1-4-24(5-2,6-3)23-21(18-22,20-15-11-8-12-16-20)17-19-13-9-7-10-14-19/h7,9-10,13-14,18,20H,4-6,8,11-12,15-17H2,1-3H3. The molecule has 0 bridgehead atoms. The van der Waals surface area contributed by atoms with E-state index in [9.17, 15) is 4.79 Å². The Kier molecular flexibility index (Phi) is 7.24. The lowest BCUT2D eigenvalue weighted by molar-refractivity contribution is -0.128. The molecule has 2 nitrogen and oxygen atoms in total. The molecule has 2 rings (SSSR count). The summed E-state index contributed by atoms with van der Waals surface area (Å²) >= 11 is 0. The predicted molar refractivity (Wildman–Crippen MR) is 104 cm³/mol. The van der Waals surface area contributed by atoms with Crippen LogP contribution in [0.5, 0.6) is 0 Å². The number of carbonyl (C=O) groups is 1. The predicted octanol–water partition coefficient (Wildman–Crippen LogP) is 5.77. The number of hydrogen-bond acceptors (Lipinski definition) is 2. The fraction of sp³-hybridized carbons (Fsp3) is 0.667. The summed E-state index contributed by atoms with van der Waals surface area (Å²) in [5.41, 5.74) is 0.608. The van der Waals surface area contributed by atoms with Gasteiger partial charge in [-0.15, -0.1) is 0 Å². The molecule has 0 aliphatic heterocycles. The van der Waals surface area contributed by atoms with Crippen molar-refractivity contribution in [2.45, 2.75) is 83.0 Å². The zero-order chi connectivity index (χ0) is 17.5. The first-order valence-corrected chi connectivity index (χ1v) is 12.4. The molecule has 1 atom stereocenters. The summed E-state index contributed by atoms with van der Waals surface area (Å²) < 4.78 is 6.94. The molecule has 1 aromatic carbocycles. The average molecular weight is 347 g/mol. The fourth-order valence-corrected chi connectivity index (χ4v) is 7.33. The lowest BCUT2D eigenvalue weighted by Crippen LogP contribution is -2.54. The topological polar surface area (TPSA) is 26.3 Å². The first-order chi connectivity index (χ1) is 11.6. The Morgan fingerprint density at radius 3 is 2.12 bits per heavy atom. The minimum atomic E-state index is -1.84. The average Bonchev–Trinajstić information content (AvgIpc) is 2.67. The quantitative estimate of drug-likeness (QED) is 0.419. The Hall–Kier alpha value is -0.933.